The number of rotatable bonds is 3. The predicted molar refractivity (Wildman–Crippen MR) is 81.1 cm³/mol. The molecule has 0 N–H and O–H groups in total. The molecule has 0 saturated heterocycles. The Bertz CT molecular complexity index is 714. The molecule has 1 nitrogen and oxygen atoms in total. The first kappa shape index (κ1) is 11.7. The molecule has 0 unspecified atom stereocenters. The third-order valence-electron chi connectivity index (χ3n) is 3.27. The standard InChI is InChI=1S/C18H15N/c1-2-15-13-16-10-6-7-11-17(16)19-18(15)12-14-8-4-3-5-9-14/h2-11,13H,1,12H2. The average molecular weight is 245 g/mol. The van der Waals surface area contributed by atoms with E-state index in [1.165, 1.54) is 5.56 Å². The number of benzene rings is 2. The van der Waals surface area contributed by atoms with E-state index in [-0.39, 0.29) is 0 Å². The maximum atomic E-state index is 4.77. The number of aromatic nitrogens is 1. The first-order valence-corrected chi connectivity index (χ1v) is 6.42. The minimum Gasteiger partial charge on any atom is -0.252 e. The highest BCUT2D eigenvalue weighted by atomic mass is 14.7. The molecule has 19 heavy (non-hydrogen) atoms. The van der Waals surface area contributed by atoms with Crippen molar-refractivity contribution in [1.29, 1.82) is 0 Å². The Kier molecular flexibility index (Phi) is 3.11. The molecule has 1 heteroatoms. The summed E-state index contributed by atoms with van der Waals surface area (Å²) in [5.41, 5.74) is 4.51. The molecule has 0 fully saturated rings. The lowest BCUT2D eigenvalue weighted by atomic mass is 10.0. The Balaban J connectivity index is 2.09. The fraction of sp³-hybridized carbons (Fsp3) is 0.0556. The number of nitrogens with zero attached hydrogens (tertiary/aromatic N) is 1. The molecule has 3 rings (SSSR count). The van der Waals surface area contributed by atoms with Crippen LogP contribution in [0.4, 0.5) is 0 Å². The van der Waals surface area contributed by atoms with Crippen LogP contribution >= 0.6 is 0 Å². The van der Waals surface area contributed by atoms with Crippen molar-refractivity contribution in [2.45, 2.75) is 6.42 Å². The van der Waals surface area contributed by atoms with E-state index in [1.54, 1.807) is 0 Å². The van der Waals surface area contributed by atoms with E-state index in [2.05, 4.69) is 49.0 Å². The summed E-state index contributed by atoms with van der Waals surface area (Å²) in [6.07, 6.45) is 2.73. The van der Waals surface area contributed by atoms with Gasteiger partial charge in [0.15, 0.2) is 0 Å². The first-order valence-electron chi connectivity index (χ1n) is 6.42. The van der Waals surface area contributed by atoms with Crippen molar-refractivity contribution in [3.05, 3.63) is 84.1 Å². The van der Waals surface area contributed by atoms with E-state index in [0.29, 0.717) is 0 Å². The summed E-state index contributed by atoms with van der Waals surface area (Å²) in [6, 6.07) is 20.8. The molecule has 0 atom stereocenters. The van der Waals surface area contributed by atoms with Gasteiger partial charge in [0.25, 0.3) is 0 Å². The van der Waals surface area contributed by atoms with Crippen LogP contribution in [-0.2, 0) is 6.42 Å². The molecule has 0 aliphatic carbocycles. The smallest absolute Gasteiger partial charge is 0.0705 e. The van der Waals surface area contributed by atoms with Crippen molar-refractivity contribution in [2.75, 3.05) is 0 Å². The van der Waals surface area contributed by atoms with Crippen molar-refractivity contribution in [2.24, 2.45) is 0 Å². The number of pyridine rings is 1. The summed E-state index contributed by atoms with van der Waals surface area (Å²) in [5, 5.41) is 1.16. The van der Waals surface area contributed by atoms with Crippen LogP contribution in [0.3, 0.4) is 0 Å². The summed E-state index contributed by atoms with van der Waals surface area (Å²) in [6.45, 7) is 3.90. The zero-order chi connectivity index (χ0) is 13.1. The maximum Gasteiger partial charge on any atom is 0.0705 e. The average Bonchev–Trinajstić information content (AvgIpc) is 2.47. The fourth-order valence-electron chi connectivity index (χ4n) is 2.28. The van der Waals surface area contributed by atoms with Gasteiger partial charge in [-0.3, -0.25) is 4.98 Å². The second-order valence-electron chi connectivity index (χ2n) is 4.58. The topological polar surface area (TPSA) is 12.9 Å². The van der Waals surface area contributed by atoms with Crippen LogP contribution < -0.4 is 0 Å². The zero-order valence-electron chi connectivity index (χ0n) is 10.7. The van der Waals surface area contributed by atoms with Crippen LogP contribution in [0.5, 0.6) is 0 Å². The highest BCUT2D eigenvalue weighted by Crippen LogP contribution is 2.20. The molecule has 0 saturated carbocycles. The lowest BCUT2D eigenvalue weighted by Crippen LogP contribution is -1.96. The molecule has 1 aromatic heterocycles. The van der Waals surface area contributed by atoms with Crippen molar-refractivity contribution in [3.8, 4) is 0 Å². The summed E-state index contributed by atoms with van der Waals surface area (Å²) < 4.78 is 0. The van der Waals surface area contributed by atoms with Crippen molar-refractivity contribution in [1.82, 2.24) is 4.98 Å². The van der Waals surface area contributed by atoms with Crippen LogP contribution in [0.1, 0.15) is 16.8 Å². The van der Waals surface area contributed by atoms with Gasteiger partial charge in [0.2, 0.25) is 0 Å². The van der Waals surface area contributed by atoms with Crippen molar-refractivity contribution < 1.29 is 0 Å². The monoisotopic (exact) mass is 245 g/mol. The third kappa shape index (κ3) is 2.41. The molecule has 0 aliphatic heterocycles. The second-order valence-corrected chi connectivity index (χ2v) is 4.58. The normalized spacial score (nSPS) is 10.5. The van der Waals surface area contributed by atoms with Gasteiger partial charge >= 0.3 is 0 Å². The molecule has 0 amide bonds. The van der Waals surface area contributed by atoms with Gasteiger partial charge in [-0.2, -0.15) is 0 Å². The lowest BCUT2D eigenvalue weighted by Gasteiger charge is -2.08. The molecule has 0 aliphatic rings. The highest BCUT2D eigenvalue weighted by molar-refractivity contribution is 5.81. The van der Waals surface area contributed by atoms with Gasteiger partial charge in [-0.05, 0) is 23.3 Å². The minimum absolute atomic E-state index is 0.840. The summed E-state index contributed by atoms with van der Waals surface area (Å²) in [7, 11) is 0. The van der Waals surface area contributed by atoms with Gasteiger partial charge in [0, 0.05) is 11.8 Å². The molecular formula is C18H15N. The van der Waals surface area contributed by atoms with E-state index < -0.39 is 0 Å². The molecule has 0 radical (unpaired) electrons. The SMILES string of the molecule is C=Cc1cc2ccccc2nc1Cc1ccccc1. The molecule has 2 aromatic carbocycles. The van der Waals surface area contributed by atoms with E-state index in [0.717, 1.165) is 28.6 Å². The molecular weight excluding hydrogens is 230 g/mol. The Morgan fingerprint density at radius 3 is 2.47 bits per heavy atom. The number of para-hydroxylation sites is 1. The van der Waals surface area contributed by atoms with Gasteiger partial charge in [-0.1, -0.05) is 61.2 Å². The Morgan fingerprint density at radius 2 is 1.68 bits per heavy atom. The third-order valence-corrected chi connectivity index (χ3v) is 3.27. The van der Waals surface area contributed by atoms with Gasteiger partial charge in [0.1, 0.15) is 0 Å². The number of hydrogen-bond acceptors (Lipinski definition) is 1. The Morgan fingerprint density at radius 1 is 0.947 bits per heavy atom. The molecule has 92 valence electrons. The first-order chi connectivity index (χ1) is 9.36. The summed E-state index contributed by atoms with van der Waals surface area (Å²) in [4.78, 5) is 4.77. The van der Waals surface area contributed by atoms with Crippen molar-refractivity contribution >= 4 is 17.0 Å². The van der Waals surface area contributed by atoms with E-state index in [4.69, 9.17) is 4.98 Å². The van der Waals surface area contributed by atoms with Gasteiger partial charge in [-0.15, -0.1) is 0 Å². The van der Waals surface area contributed by atoms with Crippen LogP contribution in [0.2, 0.25) is 0 Å². The number of fused-ring (bicyclic) bond motifs is 1. The Labute approximate surface area is 113 Å². The molecule has 1 heterocycles. The largest absolute Gasteiger partial charge is 0.252 e. The van der Waals surface area contributed by atoms with Crippen LogP contribution in [0.15, 0.2) is 67.2 Å². The van der Waals surface area contributed by atoms with Gasteiger partial charge in [0.05, 0.1) is 11.2 Å². The van der Waals surface area contributed by atoms with Crippen LogP contribution in [0, 0.1) is 0 Å². The van der Waals surface area contributed by atoms with Crippen molar-refractivity contribution in [3.63, 3.8) is 0 Å². The zero-order valence-corrected chi connectivity index (χ0v) is 10.7. The molecule has 0 spiro atoms. The highest BCUT2D eigenvalue weighted by Gasteiger charge is 2.05. The minimum atomic E-state index is 0.840. The number of hydrogen-bond donors (Lipinski definition) is 0. The van der Waals surface area contributed by atoms with Gasteiger partial charge in [-0.25, -0.2) is 0 Å². The summed E-state index contributed by atoms with van der Waals surface area (Å²) >= 11 is 0. The van der Waals surface area contributed by atoms with Crippen LogP contribution in [-0.4, -0.2) is 4.98 Å². The quantitative estimate of drug-likeness (QED) is 0.663. The maximum absolute atomic E-state index is 4.77. The van der Waals surface area contributed by atoms with Gasteiger partial charge < -0.3 is 0 Å². The Hall–Kier alpha value is -2.41. The molecule has 0 bridgehead atoms. The predicted octanol–water partition coefficient (Wildman–Crippen LogP) is 4.47. The van der Waals surface area contributed by atoms with Crippen LogP contribution in [0.25, 0.3) is 17.0 Å². The van der Waals surface area contributed by atoms with E-state index in [9.17, 15) is 0 Å². The van der Waals surface area contributed by atoms with E-state index >= 15 is 0 Å². The molecule has 3 aromatic rings. The summed E-state index contributed by atoms with van der Waals surface area (Å²) in [5.74, 6) is 0. The lowest BCUT2D eigenvalue weighted by molar-refractivity contribution is 1.09. The fourth-order valence-corrected chi connectivity index (χ4v) is 2.28. The second kappa shape index (κ2) is 5.07. The van der Waals surface area contributed by atoms with E-state index in [1.807, 2.05) is 24.3 Å².